The van der Waals surface area contributed by atoms with Crippen molar-refractivity contribution >= 4 is 17.2 Å². The van der Waals surface area contributed by atoms with Gasteiger partial charge < -0.3 is 4.57 Å². The molecule has 3 nitrogen and oxygen atoms in total. The summed E-state index contributed by atoms with van der Waals surface area (Å²) in [6.45, 7) is 5.05. The van der Waals surface area contributed by atoms with Gasteiger partial charge in [-0.1, -0.05) is 0 Å². The van der Waals surface area contributed by atoms with E-state index in [2.05, 4.69) is 16.6 Å². The van der Waals surface area contributed by atoms with Crippen LogP contribution in [0.1, 0.15) is 18.2 Å². The number of alkyl halides is 1. The van der Waals surface area contributed by atoms with Crippen molar-refractivity contribution in [3.05, 3.63) is 23.7 Å². The van der Waals surface area contributed by atoms with E-state index in [-0.39, 0.29) is 0 Å². The van der Waals surface area contributed by atoms with Crippen LogP contribution >= 0.6 is 11.6 Å². The first kappa shape index (κ1) is 8.63. The lowest BCUT2D eigenvalue weighted by Crippen LogP contribution is -1.94. The van der Waals surface area contributed by atoms with Gasteiger partial charge in [0.2, 0.25) is 0 Å². The SMILES string of the molecule is CCn1ccn2nc(C)c(CCl)c12. The molecular weight excluding hydrogens is 186 g/mol. The van der Waals surface area contributed by atoms with Crippen molar-refractivity contribution in [3.8, 4) is 0 Å². The Kier molecular flexibility index (Phi) is 2.04. The average molecular weight is 198 g/mol. The van der Waals surface area contributed by atoms with Gasteiger partial charge in [-0.15, -0.1) is 11.6 Å². The van der Waals surface area contributed by atoms with Crippen LogP contribution in [0.5, 0.6) is 0 Å². The van der Waals surface area contributed by atoms with E-state index < -0.39 is 0 Å². The predicted octanol–water partition coefficient (Wildman–Crippen LogP) is 2.20. The zero-order valence-electron chi connectivity index (χ0n) is 7.79. The molecule has 2 rings (SSSR count). The zero-order chi connectivity index (χ0) is 9.42. The van der Waals surface area contributed by atoms with E-state index in [1.54, 1.807) is 0 Å². The molecule has 2 aromatic rings. The smallest absolute Gasteiger partial charge is 0.140 e. The van der Waals surface area contributed by atoms with Gasteiger partial charge in [-0.2, -0.15) is 5.10 Å². The van der Waals surface area contributed by atoms with Gasteiger partial charge in [0.05, 0.1) is 11.6 Å². The monoisotopic (exact) mass is 197 g/mol. The van der Waals surface area contributed by atoms with Crippen molar-refractivity contribution in [2.24, 2.45) is 0 Å². The zero-order valence-corrected chi connectivity index (χ0v) is 8.54. The Balaban J connectivity index is 2.76. The van der Waals surface area contributed by atoms with Gasteiger partial charge >= 0.3 is 0 Å². The molecule has 0 bridgehead atoms. The fourth-order valence-corrected chi connectivity index (χ4v) is 1.92. The topological polar surface area (TPSA) is 22.2 Å². The maximum Gasteiger partial charge on any atom is 0.140 e. The first-order chi connectivity index (χ1) is 6.27. The van der Waals surface area contributed by atoms with Crippen molar-refractivity contribution < 1.29 is 0 Å². The Morgan fingerprint density at radius 3 is 2.85 bits per heavy atom. The van der Waals surface area contributed by atoms with Crippen LogP contribution in [0, 0.1) is 6.92 Å². The van der Waals surface area contributed by atoms with Crippen molar-refractivity contribution in [2.45, 2.75) is 26.3 Å². The summed E-state index contributed by atoms with van der Waals surface area (Å²) >= 11 is 5.87. The number of fused-ring (bicyclic) bond motifs is 1. The second kappa shape index (κ2) is 3.07. The van der Waals surface area contributed by atoms with Crippen molar-refractivity contribution in [1.29, 1.82) is 0 Å². The quantitative estimate of drug-likeness (QED) is 0.677. The lowest BCUT2D eigenvalue weighted by molar-refractivity contribution is 0.786. The molecule has 0 saturated carbocycles. The molecular formula is C9H12ClN3. The molecule has 4 heteroatoms. The third kappa shape index (κ3) is 1.15. The van der Waals surface area contributed by atoms with E-state index in [0.717, 1.165) is 23.4 Å². The maximum absolute atomic E-state index is 5.87. The van der Waals surface area contributed by atoms with Gasteiger partial charge in [0.25, 0.3) is 0 Å². The molecule has 0 fully saturated rings. The minimum Gasteiger partial charge on any atom is -0.331 e. The van der Waals surface area contributed by atoms with E-state index in [9.17, 15) is 0 Å². The highest BCUT2D eigenvalue weighted by Crippen LogP contribution is 2.17. The number of halogens is 1. The summed E-state index contributed by atoms with van der Waals surface area (Å²) in [6, 6.07) is 0. The third-order valence-corrected chi connectivity index (χ3v) is 2.58. The molecule has 70 valence electrons. The highest BCUT2D eigenvalue weighted by molar-refractivity contribution is 6.17. The number of nitrogens with zero attached hydrogens (tertiary/aromatic N) is 3. The van der Waals surface area contributed by atoms with E-state index in [0.29, 0.717) is 5.88 Å². The molecule has 0 amide bonds. The molecule has 2 heterocycles. The van der Waals surface area contributed by atoms with Gasteiger partial charge in [0.15, 0.2) is 0 Å². The predicted molar refractivity (Wildman–Crippen MR) is 53.2 cm³/mol. The molecule has 13 heavy (non-hydrogen) atoms. The second-order valence-corrected chi connectivity index (χ2v) is 3.32. The normalized spacial score (nSPS) is 11.3. The van der Waals surface area contributed by atoms with Gasteiger partial charge in [0.1, 0.15) is 5.65 Å². The van der Waals surface area contributed by atoms with E-state index >= 15 is 0 Å². The summed E-state index contributed by atoms with van der Waals surface area (Å²) in [5.74, 6) is 0.527. The standard InChI is InChI=1S/C9H12ClN3/c1-3-12-4-5-13-9(12)8(6-10)7(2)11-13/h4-5H,3,6H2,1-2H3. The minimum absolute atomic E-state index is 0.527. The van der Waals surface area contributed by atoms with Crippen LogP contribution < -0.4 is 0 Å². The highest BCUT2D eigenvalue weighted by atomic mass is 35.5. The summed E-state index contributed by atoms with van der Waals surface area (Å²) in [5.41, 5.74) is 3.27. The van der Waals surface area contributed by atoms with Crippen molar-refractivity contribution in [1.82, 2.24) is 14.2 Å². The fourth-order valence-electron chi connectivity index (χ4n) is 1.60. The Labute approximate surface area is 81.9 Å². The lowest BCUT2D eigenvalue weighted by Gasteiger charge is -1.98. The lowest BCUT2D eigenvalue weighted by atomic mass is 10.3. The first-order valence-electron chi connectivity index (χ1n) is 4.36. The summed E-state index contributed by atoms with van der Waals surface area (Å²) in [5, 5.41) is 4.36. The summed E-state index contributed by atoms with van der Waals surface area (Å²) < 4.78 is 4.04. The molecule has 0 spiro atoms. The summed E-state index contributed by atoms with van der Waals surface area (Å²) in [4.78, 5) is 0. The van der Waals surface area contributed by atoms with Crippen LogP contribution in [0.3, 0.4) is 0 Å². The molecule has 0 aliphatic carbocycles. The Bertz CT molecular complexity index is 427. The van der Waals surface area contributed by atoms with E-state index in [1.165, 1.54) is 0 Å². The van der Waals surface area contributed by atoms with Crippen LogP contribution in [0.2, 0.25) is 0 Å². The molecule has 0 saturated heterocycles. The van der Waals surface area contributed by atoms with Gasteiger partial charge in [-0.05, 0) is 13.8 Å². The molecule has 0 aliphatic heterocycles. The molecule has 0 radical (unpaired) electrons. The Morgan fingerprint density at radius 1 is 1.46 bits per heavy atom. The summed E-state index contributed by atoms with van der Waals surface area (Å²) in [7, 11) is 0. The van der Waals surface area contributed by atoms with Gasteiger partial charge in [0, 0.05) is 24.5 Å². The number of hydrogen-bond donors (Lipinski definition) is 0. The number of hydrogen-bond acceptors (Lipinski definition) is 1. The second-order valence-electron chi connectivity index (χ2n) is 3.05. The minimum atomic E-state index is 0.527. The Hall–Kier alpha value is -0.960. The molecule has 0 N–H and O–H groups in total. The number of aromatic nitrogens is 3. The van der Waals surface area contributed by atoms with Gasteiger partial charge in [-0.3, -0.25) is 0 Å². The number of imidazole rings is 1. The van der Waals surface area contributed by atoms with Crippen LogP contribution in [0.25, 0.3) is 5.65 Å². The number of rotatable bonds is 2. The van der Waals surface area contributed by atoms with Crippen LogP contribution in [-0.2, 0) is 12.4 Å². The molecule has 0 aromatic carbocycles. The Morgan fingerprint density at radius 2 is 2.23 bits per heavy atom. The number of aryl methyl sites for hydroxylation is 2. The molecule has 0 aliphatic rings. The fraction of sp³-hybridized carbons (Fsp3) is 0.444. The molecule has 0 atom stereocenters. The summed E-state index contributed by atoms with van der Waals surface area (Å²) in [6.07, 6.45) is 3.99. The third-order valence-electron chi connectivity index (χ3n) is 2.32. The van der Waals surface area contributed by atoms with Crippen LogP contribution in [0.4, 0.5) is 0 Å². The molecule has 0 unspecified atom stereocenters. The largest absolute Gasteiger partial charge is 0.331 e. The van der Waals surface area contributed by atoms with Crippen molar-refractivity contribution in [3.63, 3.8) is 0 Å². The average Bonchev–Trinajstić information content (AvgIpc) is 2.62. The van der Waals surface area contributed by atoms with Crippen LogP contribution in [-0.4, -0.2) is 14.2 Å². The van der Waals surface area contributed by atoms with Crippen molar-refractivity contribution in [2.75, 3.05) is 0 Å². The van der Waals surface area contributed by atoms with E-state index in [4.69, 9.17) is 11.6 Å². The highest BCUT2D eigenvalue weighted by Gasteiger charge is 2.11. The van der Waals surface area contributed by atoms with Gasteiger partial charge in [-0.25, -0.2) is 4.52 Å². The molecule has 2 aromatic heterocycles. The van der Waals surface area contributed by atoms with Crippen LogP contribution in [0.15, 0.2) is 12.4 Å². The van der Waals surface area contributed by atoms with E-state index in [1.807, 2.05) is 23.8 Å². The maximum atomic E-state index is 5.87. The first-order valence-corrected chi connectivity index (χ1v) is 4.90.